The molecule has 2 aromatic rings. The van der Waals surface area contributed by atoms with Crippen LogP contribution in [0.15, 0.2) is 39.7 Å². The Bertz CT molecular complexity index is 714. The molecule has 0 aliphatic carbocycles. The highest BCUT2D eigenvalue weighted by molar-refractivity contribution is 9.10. The van der Waals surface area contributed by atoms with Crippen molar-refractivity contribution in [1.82, 2.24) is 0 Å². The third-order valence-electron chi connectivity index (χ3n) is 2.72. The molecule has 0 aromatic heterocycles. The molecule has 21 heavy (non-hydrogen) atoms. The Morgan fingerprint density at radius 3 is 2.67 bits per heavy atom. The van der Waals surface area contributed by atoms with Crippen LogP contribution in [0.25, 0.3) is 0 Å². The predicted molar refractivity (Wildman–Crippen MR) is 84.9 cm³/mol. The summed E-state index contributed by atoms with van der Waals surface area (Å²) in [5.74, 6) is -0.350. The molecular weight excluding hydrogens is 358 g/mol. The van der Waals surface area contributed by atoms with E-state index < -0.39 is 11.6 Å². The second-order valence-corrected chi connectivity index (χ2v) is 6.25. The van der Waals surface area contributed by atoms with Gasteiger partial charge in [-0.05, 0) is 39.9 Å². The zero-order chi connectivity index (χ0) is 15.4. The number of nitrogens with one attached hydrogen (secondary N) is 1. The van der Waals surface area contributed by atoms with Gasteiger partial charge in [-0.3, -0.25) is 0 Å². The van der Waals surface area contributed by atoms with Crippen molar-refractivity contribution in [3.05, 3.63) is 52.0 Å². The first kappa shape index (κ1) is 15.8. The molecule has 0 spiro atoms. The zero-order valence-electron chi connectivity index (χ0n) is 11.1. The maximum absolute atomic E-state index is 13.9. The predicted octanol–water partition coefficient (Wildman–Crippen LogP) is 5.45. The topological polar surface area (TPSA) is 35.8 Å². The van der Waals surface area contributed by atoms with Crippen LogP contribution >= 0.6 is 27.7 Å². The van der Waals surface area contributed by atoms with Gasteiger partial charge in [0.05, 0.1) is 21.4 Å². The fourth-order valence-electron chi connectivity index (χ4n) is 1.79. The summed E-state index contributed by atoms with van der Waals surface area (Å²) >= 11 is 4.45. The smallest absolute Gasteiger partial charge is 0.147 e. The van der Waals surface area contributed by atoms with E-state index in [2.05, 4.69) is 27.3 Å². The monoisotopic (exact) mass is 368 g/mol. The summed E-state index contributed by atoms with van der Waals surface area (Å²) < 4.78 is 27.4. The van der Waals surface area contributed by atoms with E-state index in [1.165, 1.54) is 11.8 Å². The van der Waals surface area contributed by atoms with Crippen LogP contribution in [0.4, 0.5) is 20.2 Å². The van der Waals surface area contributed by atoms with Crippen LogP contribution in [-0.2, 0) is 0 Å². The van der Waals surface area contributed by atoms with E-state index in [4.69, 9.17) is 0 Å². The van der Waals surface area contributed by atoms with Crippen molar-refractivity contribution in [3.8, 4) is 6.07 Å². The van der Waals surface area contributed by atoms with Crippen LogP contribution in [0.3, 0.4) is 0 Å². The van der Waals surface area contributed by atoms with E-state index >= 15 is 0 Å². The van der Waals surface area contributed by atoms with Crippen molar-refractivity contribution in [2.24, 2.45) is 0 Å². The molecule has 0 atom stereocenters. The molecule has 0 aliphatic rings. The third-order valence-corrected chi connectivity index (χ3v) is 4.26. The van der Waals surface area contributed by atoms with Crippen LogP contribution in [0, 0.1) is 23.0 Å². The van der Waals surface area contributed by atoms with E-state index in [9.17, 15) is 14.0 Å². The number of nitriles is 1. The Hall–Kier alpha value is -1.58. The van der Waals surface area contributed by atoms with Gasteiger partial charge in [-0.15, -0.1) is 11.8 Å². The molecule has 1 N–H and O–H groups in total. The van der Waals surface area contributed by atoms with Crippen molar-refractivity contribution >= 4 is 39.1 Å². The molecule has 2 aromatic carbocycles. The quantitative estimate of drug-likeness (QED) is 0.575. The van der Waals surface area contributed by atoms with Gasteiger partial charge in [-0.2, -0.15) is 5.26 Å². The van der Waals surface area contributed by atoms with E-state index in [0.29, 0.717) is 11.3 Å². The fraction of sp³-hybridized carbons (Fsp3) is 0.133. The maximum atomic E-state index is 13.9. The van der Waals surface area contributed by atoms with Crippen LogP contribution in [0.2, 0.25) is 0 Å². The van der Waals surface area contributed by atoms with E-state index in [1.807, 2.05) is 13.0 Å². The van der Waals surface area contributed by atoms with Gasteiger partial charge in [-0.1, -0.05) is 13.0 Å². The largest absolute Gasteiger partial charge is 0.352 e. The summed E-state index contributed by atoms with van der Waals surface area (Å²) in [5, 5.41) is 12.1. The fourth-order valence-corrected chi connectivity index (χ4v) is 2.89. The number of anilines is 2. The first-order chi connectivity index (χ1) is 10.1. The lowest BCUT2D eigenvalue weighted by Gasteiger charge is -2.12. The first-order valence-corrected chi connectivity index (χ1v) is 7.92. The number of rotatable bonds is 4. The lowest BCUT2D eigenvalue weighted by molar-refractivity contribution is 0.598. The highest BCUT2D eigenvalue weighted by Gasteiger charge is 2.12. The van der Waals surface area contributed by atoms with Crippen molar-refractivity contribution in [2.75, 3.05) is 11.1 Å². The maximum Gasteiger partial charge on any atom is 0.147 e. The molecular formula is C15H11BrF2N2S. The summed E-state index contributed by atoms with van der Waals surface area (Å²) in [6, 6.07) is 9.48. The Morgan fingerprint density at radius 1 is 1.24 bits per heavy atom. The van der Waals surface area contributed by atoms with Gasteiger partial charge in [0.2, 0.25) is 0 Å². The molecule has 0 bridgehead atoms. The van der Waals surface area contributed by atoms with Gasteiger partial charge < -0.3 is 5.32 Å². The molecule has 0 aliphatic heterocycles. The summed E-state index contributed by atoms with van der Waals surface area (Å²) in [5.41, 5.74) is 0.870. The third kappa shape index (κ3) is 3.55. The molecule has 2 rings (SSSR count). The van der Waals surface area contributed by atoms with Crippen molar-refractivity contribution < 1.29 is 8.78 Å². The van der Waals surface area contributed by atoms with E-state index in [0.717, 1.165) is 22.8 Å². The first-order valence-electron chi connectivity index (χ1n) is 6.14. The van der Waals surface area contributed by atoms with Crippen molar-refractivity contribution in [2.45, 2.75) is 11.8 Å². The van der Waals surface area contributed by atoms with E-state index in [1.54, 1.807) is 12.1 Å². The Kier molecular flexibility index (Phi) is 5.21. The minimum Gasteiger partial charge on any atom is -0.352 e. The van der Waals surface area contributed by atoms with Gasteiger partial charge in [0.15, 0.2) is 0 Å². The summed E-state index contributed by atoms with van der Waals surface area (Å²) in [4.78, 5) is 0.808. The van der Waals surface area contributed by atoms with Crippen LogP contribution < -0.4 is 5.32 Å². The van der Waals surface area contributed by atoms with Crippen molar-refractivity contribution in [1.29, 1.82) is 5.26 Å². The van der Waals surface area contributed by atoms with Crippen LogP contribution in [-0.4, -0.2) is 5.75 Å². The Balaban J connectivity index is 2.43. The number of halogens is 3. The van der Waals surface area contributed by atoms with E-state index in [-0.39, 0.29) is 10.2 Å². The minimum atomic E-state index is -0.597. The molecule has 0 fully saturated rings. The number of benzene rings is 2. The number of hydrogen-bond acceptors (Lipinski definition) is 3. The number of hydrogen-bond donors (Lipinski definition) is 1. The van der Waals surface area contributed by atoms with Gasteiger partial charge in [0, 0.05) is 11.0 Å². The highest BCUT2D eigenvalue weighted by atomic mass is 79.9. The lowest BCUT2D eigenvalue weighted by Crippen LogP contribution is -1.99. The summed E-state index contributed by atoms with van der Waals surface area (Å²) in [7, 11) is 0. The Labute approximate surface area is 134 Å². The zero-order valence-corrected chi connectivity index (χ0v) is 13.5. The van der Waals surface area contributed by atoms with Gasteiger partial charge in [-0.25, -0.2) is 8.78 Å². The molecule has 0 radical (unpaired) electrons. The molecule has 0 amide bonds. The number of thioether (sulfide) groups is 1. The molecule has 0 saturated heterocycles. The van der Waals surface area contributed by atoms with Crippen molar-refractivity contribution in [3.63, 3.8) is 0 Å². The number of nitrogens with zero attached hydrogens (tertiary/aromatic N) is 1. The molecule has 6 heteroatoms. The van der Waals surface area contributed by atoms with Crippen LogP contribution in [0.5, 0.6) is 0 Å². The lowest BCUT2D eigenvalue weighted by atomic mass is 10.2. The highest BCUT2D eigenvalue weighted by Crippen LogP contribution is 2.31. The second-order valence-electron chi connectivity index (χ2n) is 4.09. The molecule has 108 valence electrons. The molecule has 2 nitrogen and oxygen atoms in total. The minimum absolute atomic E-state index is 0.00847. The second kappa shape index (κ2) is 6.92. The normalized spacial score (nSPS) is 10.2. The molecule has 0 heterocycles. The van der Waals surface area contributed by atoms with Gasteiger partial charge >= 0.3 is 0 Å². The molecule has 0 unspecified atom stereocenters. The molecule has 0 saturated carbocycles. The average Bonchev–Trinajstić information content (AvgIpc) is 2.45. The standard InChI is InChI=1S/C15H11BrF2N2S/c1-2-21-15-5-3-4-13(9(15)8-19)20-14-7-11(17)10(16)6-12(14)18/h3-7,20H,2H2,1H3. The van der Waals surface area contributed by atoms with Gasteiger partial charge in [0.25, 0.3) is 0 Å². The summed E-state index contributed by atoms with van der Waals surface area (Å²) in [6.45, 7) is 1.98. The SMILES string of the molecule is CCSc1cccc(Nc2cc(F)c(Br)cc2F)c1C#N. The average molecular weight is 369 g/mol. The van der Waals surface area contributed by atoms with Crippen LogP contribution in [0.1, 0.15) is 12.5 Å². The Morgan fingerprint density at radius 2 is 2.00 bits per heavy atom. The summed E-state index contributed by atoms with van der Waals surface area (Å²) in [6.07, 6.45) is 0. The van der Waals surface area contributed by atoms with Gasteiger partial charge in [0.1, 0.15) is 17.7 Å².